The molecule has 1 unspecified atom stereocenters. The third kappa shape index (κ3) is 19.1. The van der Waals surface area contributed by atoms with Crippen LogP contribution in [0.5, 0.6) is 0 Å². The fourth-order valence-electron chi connectivity index (χ4n) is 5.74. The molecule has 1 aliphatic rings. The molecule has 3 rings (SSSR count). The van der Waals surface area contributed by atoms with Crippen molar-refractivity contribution in [2.45, 2.75) is 89.6 Å². The average Bonchev–Trinajstić information content (AvgIpc) is 3.19. The molecule has 0 radical (unpaired) electrons. The van der Waals surface area contributed by atoms with Crippen LogP contribution in [-0.2, 0) is 49.2 Å². The number of carbonyl (C=O) groups is 7. The molecule has 2 aromatic carbocycles. The van der Waals surface area contributed by atoms with E-state index in [9.17, 15) is 48.1 Å². The number of carbonyl (C=O) groups excluding carboxylic acids is 5. The zero-order valence-electron chi connectivity index (χ0n) is 32.8. The number of nitrogens with one attached hydrogen (secondary N) is 5. The highest BCUT2D eigenvalue weighted by Gasteiger charge is 2.23. The third-order valence-corrected chi connectivity index (χ3v) is 10.1. The number of anilines is 1. The lowest BCUT2D eigenvalue weighted by Gasteiger charge is -2.26. The van der Waals surface area contributed by atoms with Crippen LogP contribution in [0.1, 0.15) is 93.7 Å². The molecule has 320 valence electrons. The Bertz CT molecular complexity index is 1900. The molecule has 19 heteroatoms. The van der Waals surface area contributed by atoms with Gasteiger partial charge in [0, 0.05) is 62.9 Å². The van der Waals surface area contributed by atoms with E-state index < -0.39 is 49.4 Å². The average molecular weight is 841 g/mol. The van der Waals surface area contributed by atoms with E-state index in [1.807, 2.05) is 48.5 Å². The summed E-state index contributed by atoms with van der Waals surface area (Å²) in [5.41, 5.74) is 3.10. The standard InChI is InChI=1S/C40H53N6O12P/c47-34(41-24-8-9-26-58-59(56,57)44-25-10-16-39(52)53)20-19-32(40(54)55)45-36(49)15-2-1-7-23-42-37(50)27-43-35(48)21-22-38(51)46-28-31-13-4-3-11-29(31)17-18-30-12-5-6-14-33(30)46/h3-6,11-14,32H,1-2,7-10,15-16,19-28H2,(H,41,47)(H,42,50)(H,43,48)(H,45,49)(H,52,53)(H,54,55)(H2,44,56,57)/t32-/m0/s1. The summed E-state index contributed by atoms with van der Waals surface area (Å²) >= 11 is 0. The van der Waals surface area contributed by atoms with E-state index in [1.54, 1.807) is 4.90 Å². The quantitative estimate of drug-likeness (QED) is 0.0365. The molecule has 0 bridgehead atoms. The van der Waals surface area contributed by atoms with Crippen molar-refractivity contribution in [1.82, 2.24) is 26.4 Å². The summed E-state index contributed by atoms with van der Waals surface area (Å²) in [6, 6.07) is 13.7. The van der Waals surface area contributed by atoms with Gasteiger partial charge in [-0.15, -0.1) is 0 Å². The van der Waals surface area contributed by atoms with Gasteiger partial charge in [0.05, 0.1) is 25.4 Å². The molecule has 2 atom stereocenters. The van der Waals surface area contributed by atoms with Crippen LogP contribution in [0.25, 0.3) is 0 Å². The molecular weight excluding hydrogens is 787 g/mol. The summed E-state index contributed by atoms with van der Waals surface area (Å²) in [4.78, 5) is 96.1. The van der Waals surface area contributed by atoms with Crippen LogP contribution in [0.15, 0.2) is 48.5 Å². The minimum atomic E-state index is -4.06. The Balaban J connectivity index is 1.22. The normalized spacial score (nSPS) is 13.1. The summed E-state index contributed by atoms with van der Waals surface area (Å²) in [7, 11) is -4.06. The fraction of sp³-hybridized carbons (Fsp3) is 0.475. The Morgan fingerprint density at radius 2 is 1.36 bits per heavy atom. The van der Waals surface area contributed by atoms with Crippen LogP contribution in [-0.4, -0.2) is 95.4 Å². The number of nitrogens with zero attached hydrogens (tertiary/aromatic N) is 1. The van der Waals surface area contributed by atoms with Crippen molar-refractivity contribution in [1.29, 1.82) is 0 Å². The molecule has 0 aliphatic carbocycles. The molecule has 0 fully saturated rings. The van der Waals surface area contributed by atoms with Crippen LogP contribution >= 0.6 is 7.75 Å². The Morgan fingerprint density at radius 1 is 0.695 bits per heavy atom. The molecule has 8 N–H and O–H groups in total. The van der Waals surface area contributed by atoms with Crippen molar-refractivity contribution in [3.8, 4) is 11.8 Å². The largest absolute Gasteiger partial charge is 0.481 e. The number of hydrogen-bond acceptors (Lipinski definition) is 9. The van der Waals surface area contributed by atoms with Gasteiger partial charge in [0.25, 0.3) is 0 Å². The molecule has 0 aromatic heterocycles. The van der Waals surface area contributed by atoms with Crippen molar-refractivity contribution >= 4 is 54.9 Å². The third-order valence-electron chi connectivity index (χ3n) is 8.92. The second-order valence-electron chi connectivity index (χ2n) is 13.7. The lowest BCUT2D eigenvalue weighted by molar-refractivity contribution is -0.142. The van der Waals surface area contributed by atoms with Gasteiger partial charge in [0.1, 0.15) is 6.04 Å². The monoisotopic (exact) mass is 840 g/mol. The van der Waals surface area contributed by atoms with E-state index in [1.165, 1.54) is 0 Å². The van der Waals surface area contributed by atoms with Gasteiger partial charge < -0.3 is 41.3 Å². The molecule has 2 aromatic rings. The van der Waals surface area contributed by atoms with E-state index in [0.29, 0.717) is 56.4 Å². The summed E-state index contributed by atoms with van der Waals surface area (Å²) in [5.74, 6) is 1.98. The number of rotatable bonds is 27. The number of fused-ring (bicyclic) bond motifs is 2. The van der Waals surface area contributed by atoms with Gasteiger partial charge in [-0.1, -0.05) is 48.6 Å². The fourth-order valence-corrected chi connectivity index (χ4v) is 6.65. The van der Waals surface area contributed by atoms with E-state index in [0.717, 1.165) is 11.1 Å². The number of benzene rings is 2. The maximum Gasteiger partial charge on any atom is 0.402 e. The summed E-state index contributed by atoms with van der Waals surface area (Å²) in [6.07, 6.45) is 1.87. The van der Waals surface area contributed by atoms with Crippen molar-refractivity contribution in [2.24, 2.45) is 0 Å². The maximum absolute atomic E-state index is 13.3. The first kappa shape index (κ1) is 47.8. The molecule has 0 saturated carbocycles. The van der Waals surface area contributed by atoms with Crippen LogP contribution in [0.4, 0.5) is 5.69 Å². The van der Waals surface area contributed by atoms with Crippen LogP contribution in [0.3, 0.4) is 0 Å². The minimum absolute atomic E-state index is 0.00124. The number of unbranched alkanes of at least 4 members (excludes halogenated alkanes) is 3. The van der Waals surface area contributed by atoms with E-state index in [2.05, 4.69) is 38.2 Å². The molecule has 0 saturated heterocycles. The molecule has 18 nitrogen and oxygen atoms in total. The van der Waals surface area contributed by atoms with Crippen molar-refractivity contribution in [2.75, 3.05) is 37.7 Å². The molecular formula is C40H53N6O12P. The van der Waals surface area contributed by atoms with Crippen LogP contribution in [0.2, 0.25) is 0 Å². The van der Waals surface area contributed by atoms with Gasteiger partial charge in [-0.05, 0) is 62.3 Å². The highest BCUT2D eigenvalue weighted by atomic mass is 31.2. The van der Waals surface area contributed by atoms with Gasteiger partial charge in [-0.2, -0.15) is 0 Å². The lowest BCUT2D eigenvalue weighted by Crippen LogP contribution is -2.41. The van der Waals surface area contributed by atoms with Gasteiger partial charge in [-0.3, -0.25) is 33.3 Å². The first-order chi connectivity index (χ1) is 28.2. The molecule has 1 heterocycles. The van der Waals surface area contributed by atoms with E-state index >= 15 is 0 Å². The first-order valence-corrected chi connectivity index (χ1v) is 21.1. The second kappa shape index (κ2) is 25.7. The van der Waals surface area contributed by atoms with Crippen LogP contribution in [0, 0.1) is 11.8 Å². The number of para-hydroxylation sites is 1. The molecule has 1 aliphatic heterocycles. The highest BCUT2D eigenvalue weighted by Crippen LogP contribution is 2.36. The van der Waals surface area contributed by atoms with E-state index in [4.69, 9.17) is 9.63 Å². The maximum atomic E-state index is 13.3. The summed E-state index contributed by atoms with van der Waals surface area (Å²) < 4.78 is 16.7. The first-order valence-electron chi connectivity index (χ1n) is 19.5. The Hall–Kier alpha value is -5.60. The number of aliphatic carboxylic acids is 2. The molecule has 0 spiro atoms. The zero-order valence-corrected chi connectivity index (χ0v) is 33.7. The SMILES string of the molecule is O=C(O)CCCNP(=O)(O)OCCCCNC(=O)CC[C@H](NC(=O)CCCCCNC(=O)CNC(=O)CCC(=O)N1Cc2ccccc2C#Cc2ccccc21)C(=O)O. The summed E-state index contributed by atoms with van der Waals surface area (Å²) in [6.45, 7) is 0.478. The number of amides is 5. The predicted octanol–water partition coefficient (Wildman–Crippen LogP) is 2.32. The zero-order chi connectivity index (χ0) is 43.0. The highest BCUT2D eigenvalue weighted by molar-refractivity contribution is 7.50. The Kier molecular flexibility index (Phi) is 20.8. The van der Waals surface area contributed by atoms with Crippen molar-refractivity contribution < 1.29 is 57.8 Å². The topological polar surface area (TPSA) is 270 Å². The van der Waals surface area contributed by atoms with Crippen LogP contribution < -0.4 is 31.3 Å². The minimum Gasteiger partial charge on any atom is -0.481 e. The lowest BCUT2D eigenvalue weighted by atomic mass is 10.0. The summed E-state index contributed by atoms with van der Waals surface area (Å²) in [5, 5.41) is 30.6. The van der Waals surface area contributed by atoms with Gasteiger partial charge in [0.2, 0.25) is 29.5 Å². The number of carboxylic acids is 2. The smallest absolute Gasteiger partial charge is 0.402 e. The van der Waals surface area contributed by atoms with Crippen molar-refractivity contribution in [3.05, 3.63) is 65.2 Å². The van der Waals surface area contributed by atoms with Gasteiger partial charge >= 0.3 is 19.7 Å². The predicted molar refractivity (Wildman–Crippen MR) is 215 cm³/mol. The molecule has 59 heavy (non-hydrogen) atoms. The van der Waals surface area contributed by atoms with E-state index in [-0.39, 0.29) is 77.1 Å². The number of hydrogen-bond donors (Lipinski definition) is 8. The number of carboxylic acid groups (broad SMARTS) is 2. The molecule has 5 amide bonds. The Morgan fingerprint density at radius 3 is 2.10 bits per heavy atom. The Labute approximate surface area is 342 Å². The van der Waals surface area contributed by atoms with Gasteiger partial charge in [-0.25, -0.2) is 14.4 Å². The van der Waals surface area contributed by atoms with Gasteiger partial charge in [0.15, 0.2) is 0 Å². The second-order valence-corrected chi connectivity index (χ2v) is 15.3. The van der Waals surface area contributed by atoms with Crippen molar-refractivity contribution in [3.63, 3.8) is 0 Å².